The molecule has 0 N–H and O–H groups in total. The average Bonchev–Trinajstić information content (AvgIpc) is 2.38. The first-order chi connectivity index (χ1) is 8.67. The number of benzene rings is 1. The summed E-state index contributed by atoms with van der Waals surface area (Å²) < 4.78 is 15.6. The highest BCUT2D eigenvalue weighted by atomic mass is 35.5. The maximum Gasteiger partial charge on any atom is 0.347 e. The molecule has 18 heavy (non-hydrogen) atoms. The van der Waals surface area contributed by atoms with E-state index in [4.69, 9.17) is 25.8 Å². The molecule has 5 heteroatoms. The Morgan fingerprint density at radius 1 is 1.28 bits per heavy atom. The zero-order valence-corrected chi connectivity index (χ0v) is 11.3. The largest absolute Gasteiger partial charge is 0.492 e. The molecular weight excluding hydrogens is 256 g/mol. The van der Waals surface area contributed by atoms with Crippen molar-refractivity contribution in [2.45, 2.75) is 20.0 Å². The van der Waals surface area contributed by atoms with E-state index in [2.05, 4.69) is 0 Å². The second-order valence-corrected chi connectivity index (χ2v) is 3.90. The van der Waals surface area contributed by atoms with Gasteiger partial charge in [-0.2, -0.15) is 0 Å². The molecule has 0 spiro atoms. The fourth-order valence-electron chi connectivity index (χ4n) is 1.28. The number of carbonyl (C=O) groups is 1. The van der Waals surface area contributed by atoms with Gasteiger partial charge in [0, 0.05) is 0 Å². The highest BCUT2D eigenvalue weighted by molar-refractivity contribution is 6.18. The van der Waals surface area contributed by atoms with Crippen LogP contribution in [0.2, 0.25) is 0 Å². The van der Waals surface area contributed by atoms with Gasteiger partial charge < -0.3 is 14.2 Å². The molecule has 1 unspecified atom stereocenters. The molecule has 0 aromatic heterocycles. The summed E-state index contributed by atoms with van der Waals surface area (Å²) in [5, 5.41) is 0. The van der Waals surface area contributed by atoms with Crippen molar-refractivity contribution in [3.8, 4) is 11.5 Å². The Bertz CT molecular complexity index is 364. The van der Waals surface area contributed by atoms with Crippen molar-refractivity contribution in [2.75, 3.05) is 19.1 Å². The number of hydrogen-bond acceptors (Lipinski definition) is 4. The molecule has 1 aromatic rings. The summed E-state index contributed by atoms with van der Waals surface area (Å²) in [6.45, 7) is 4.21. The average molecular weight is 273 g/mol. The first-order valence-corrected chi connectivity index (χ1v) is 6.33. The molecule has 0 aliphatic rings. The zero-order chi connectivity index (χ0) is 13.4. The van der Waals surface area contributed by atoms with Crippen LogP contribution in [0.4, 0.5) is 0 Å². The van der Waals surface area contributed by atoms with Gasteiger partial charge in [-0.05, 0) is 38.1 Å². The molecule has 1 rings (SSSR count). The van der Waals surface area contributed by atoms with Gasteiger partial charge in [-0.15, -0.1) is 11.6 Å². The molecule has 0 bridgehead atoms. The highest BCUT2D eigenvalue weighted by Gasteiger charge is 2.15. The van der Waals surface area contributed by atoms with Crippen LogP contribution in [0.5, 0.6) is 11.5 Å². The van der Waals surface area contributed by atoms with Gasteiger partial charge in [0.15, 0.2) is 6.10 Å². The lowest BCUT2D eigenvalue weighted by Gasteiger charge is -2.13. The Morgan fingerprint density at radius 2 is 1.89 bits per heavy atom. The molecule has 0 fully saturated rings. The first-order valence-electron chi connectivity index (χ1n) is 5.79. The van der Waals surface area contributed by atoms with Gasteiger partial charge in [0.05, 0.1) is 12.5 Å². The summed E-state index contributed by atoms with van der Waals surface area (Å²) >= 11 is 5.52. The minimum atomic E-state index is -0.625. The molecule has 1 aromatic carbocycles. The fourth-order valence-corrected chi connectivity index (χ4v) is 1.36. The van der Waals surface area contributed by atoms with Gasteiger partial charge in [0.1, 0.15) is 18.1 Å². The van der Waals surface area contributed by atoms with E-state index in [0.29, 0.717) is 30.6 Å². The van der Waals surface area contributed by atoms with Crippen molar-refractivity contribution in [1.29, 1.82) is 0 Å². The maximum atomic E-state index is 11.4. The minimum Gasteiger partial charge on any atom is -0.492 e. The van der Waals surface area contributed by atoms with Crippen molar-refractivity contribution in [3.05, 3.63) is 24.3 Å². The van der Waals surface area contributed by atoms with Crippen LogP contribution in [0.25, 0.3) is 0 Å². The van der Waals surface area contributed by atoms with Crippen LogP contribution in [-0.2, 0) is 9.53 Å². The van der Waals surface area contributed by atoms with Gasteiger partial charge in [0.25, 0.3) is 0 Å². The van der Waals surface area contributed by atoms with Crippen LogP contribution in [0, 0.1) is 0 Å². The van der Waals surface area contributed by atoms with E-state index in [9.17, 15) is 4.79 Å². The van der Waals surface area contributed by atoms with Crippen molar-refractivity contribution in [1.82, 2.24) is 0 Å². The van der Waals surface area contributed by atoms with Gasteiger partial charge in [-0.25, -0.2) is 4.79 Å². The van der Waals surface area contributed by atoms with E-state index < -0.39 is 6.10 Å². The quantitative estimate of drug-likeness (QED) is 0.565. The number of alkyl halides is 1. The Hall–Kier alpha value is -1.42. The predicted octanol–water partition coefficient (Wildman–Crippen LogP) is 2.63. The Labute approximate surface area is 112 Å². The molecule has 0 amide bonds. The number of halogens is 1. The van der Waals surface area contributed by atoms with Crippen LogP contribution in [-0.4, -0.2) is 31.2 Å². The lowest BCUT2D eigenvalue weighted by molar-refractivity contribution is -0.150. The molecular formula is C13H17ClO4. The van der Waals surface area contributed by atoms with Gasteiger partial charge in [0.2, 0.25) is 0 Å². The van der Waals surface area contributed by atoms with Gasteiger partial charge in [-0.1, -0.05) is 0 Å². The Balaban J connectivity index is 2.50. The molecule has 0 heterocycles. The molecule has 0 saturated heterocycles. The third kappa shape index (κ3) is 4.84. The van der Waals surface area contributed by atoms with E-state index in [-0.39, 0.29) is 5.97 Å². The van der Waals surface area contributed by atoms with Crippen LogP contribution < -0.4 is 9.47 Å². The van der Waals surface area contributed by atoms with E-state index in [0.717, 1.165) is 0 Å². The topological polar surface area (TPSA) is 44.8 Å². The summed E-state index contributed by atoms with van der Waals surface area (Å²) in [7, 11) is 0. The highest BCUT2D eigenvalue weighted by Crippen LogP contribution is 2.18. The maximum absolute atomic E-state index is 11.4. The van der Waals surface area contributed by atoms with Gasteiger partial charge in [-0.3, -0.25) is 0 Å². The second-order valence-electron chi connectivity index (χ2n) is 3.52. The number of rotatable bonds is 7. The van der Waals surface area contributed by atoms with Crippen molar-refractivity contribution in [2.24, 2.45) is 0 Å². The predicted molar refractivity (Wildman–Crippen MR) is 69.4 cm³/mol. The van der Waals surface area contributed by atoms with E-state index in [1.165, 1.54) is 0 Å². The number of carbonyl (C=O) groups excluding carboxylic acids is 1. The molecule has 0 radical (unpaired) electrons. The second kappa shape index (κ2) is 7.82. The number of ether oxygens (including phenoxy) is 3. The molecule has 100 valence electrons. The SMILES string of the molecule is CCOC(=O)C(C)Oc1ccc(OCCCl)cc1. The lowest BCUT2D eigenvalue weighted by Crippen LogP contribution is -2.25. The summed E-state index contributed by atoms with van der Waals surface area (Å²) in [5.74, 6) is 1.37. The monoisotopic (exact) mass is 272 g/mol. The lowest BCUT2D eigenvalue weighted by atomic mass is 10.3. The summed E-state index contributed by atoms with van der Waals surface area (Å²) in [6, 6.07) is 7.00. The molecule has 0 aliphatic carbocycles. The third-order valence-electron chi connectivity index (χ3n) is 2.10. The number of esters is 1. The van der Waals surface area contributed by atoms with E-state index >= 15 is 0 Å². The molecule has 4 nitrogen and oxygen atoms in total. The van der Waals surface area contributed by atoms with E-state index in [1.807, 2.05) is 0 Å². The van der Waals surface area contributed by atoms with Crippen molar-refractivity contribution >= 4 is 17.6 Å². The first kappa shape index (κ1) is 14.6. The van der Waals surface area contributed by atoms with Crippen LogP contribution >= 0.6 is 11.6 Å². The van der Waals surface area contributed by atoms with Crippen LogP contribution in [0.3, 0.4) is 0 Å². The minimum absolute atomic E-state index is 0.345. The summed E-state index contributed by atoms with van der Waals surface area (Å²) in [4.78, 5) is 11.4. The molecule has 1 atom stereocenters. The smallest absolute Gasteiger partial charge is 0.347 e. The van der Waals surface area contributed by atoms with Crippen LogP contribution in [0.1, 0.15) is 13.8 Å². The molecule has 0 saturated carbocycles. The summed E-state index contributed by atoms with van der Waals surface area (Å²) in [6.07, 6.45) is -0.625. The van der Waals surface area contributed by atoms with Gasteiger partial charge >= 0.3 is 5.97 Å². The Morgan fingerprint density at radius 3 is 2.44 bits per heavy atom. The normalized spacial score (nSPS) is 11.7. The standard InChI is InChI=1S/C13H17ClO4/c1-3-16-13(15)10(2)18-12-6-4-11(5-7-12)17-9-8-14/h4-7,10H,3,8-9H2,1-2H3. The van der Waals surface area contributed by atoms with Crippen LogP contribution in [0.15, 0.2) is 24.3 Å². The van der Waals surface area contributed by atoms with Crippen molar-refractivity contribution < 1.29 is 19.0 Å². The number of hydrogen-bond donors (Lipinski definition) is 0. The van der Waals surface area contributed by atoms with Crippen molar-refractivity contribution in [3.63, 3.8) is 0 Å². The Kier molecular flexibility index (Phi) is 6.36. The third-order valence-corrected chi connectivity index (χ3v) is 2.26. The molecule has 0 aliphatic heterocycles. The zero-order valence-electron chi connectivity index (χ0n) is 10.5. The van der Waals surface area contributed by atoms with E-state index in [1.54, 1.807) is 38.1 Å². The summed E-state index contributed by atoms with van der Waals surface area (Å²) in [5.41, 5.74) is 0. The fraction of sp³-hybridized carbons (Fsp3) is 0.462.